The molecule has 0 aromatic heterocycles. The second-order valence-electron chi connectivity index (χ2n) is 16.0. The smallest absolute Gasteiger partial charge is 0.343 e. The van der Waals surface area contributed by atoms with Crippen LogP contribution in [-0.2, 0) is 9.59 Å². The highest BCUT2D eigenvalue weighted by Crippen LogP contribution is 2.31. The molecule has 0 atom stereocenters. The second kappa shape index (κ2) is 29.1. The number of hydrogen-bond acceptors (Lipinski definition) is 10. The van der Waals surface area contributed by atoms with E-state index >= 15 is 0 Å². The van der Waals surface area contributed by atoms with Crippen molar-refractivity contribution in [2.75, 3.05) is 13.2 Å². The minimum atomic E-state index is -0.741. The van der Waals surface area contributed by atoms with Gasteiger partial charge in [-0.15, -0.1) is 0 Å². The van der Waals surface area contributed by atoms with Crippen molar-refractivity contribution in [2.45, 2.75) is 104 Å². The van der Waals surface area contributed by atoms with Crippen LogP contribution >= 0.6 is 11.6 Å². The molecule has 352 valence electrons. The first-order chi connectivity index (χ1) is 32.7. The van der Waals surface area contributed by atoms with Gasteiger partial charge in [0, 0.05) is 18.2 Å². The van der Waals surface area contributed by atoms with Crippen LogP contribution < -0.4 is 28.4 Å². The summed E-state index contributed by atoms with van der Waals surface area (Å²) in [6.07, 6.45) is 23.1. The third-order valence-electron chi connectivity index (χ3n) is 10.5. The highest BCUT2D eigenvalue weighted by atomic mass is 35.5. The zero-order chi connectivity index (χ0) is 47.5. The number of carbonyl (C=O) groups is 4. The Bertz CT molecular complexity index is 2350. The molecule has 0 amide bonds. The largest absolute Gasteiger partial charge is 0.494 e. The van der Waals surface area contributed by atoms with Gasteiger partial charge >= 0.3 is 23.9 Å². The van der Waals surface area contributed by atoms with Crippen molar-refractivity contribution < 1.29 is 47.6 Å². The van der Waals surface area contributed by atoms with Gasteiger partial charge in [0.25, 0.3) is 0 Å². The van der Waals surface area contributed by atoms with Gasteiger partial charge in [-0.25, -0.2) is 19.2 Å². The molecule has 10 nitrogen and oxygen atoms in total. The Kier molecular flexibility index (Phi) is 22.3. The fraction of sp³-hybridized carbons (Fsp3) is 0.321. The Morgan fingerprint density at radius 2 is 0.791 bits per heavy atom. The van der Waals surface area contributed by atoms with E-state index < -0.39 is 23.9 Å². The van der Waals surface area contributed by atoms with Crippen LogP contribution in [0.3, 0.4) is 0 Å². The maximum absolute atomic E-state index is 13.0. The zero-order valence-electron chi connectivity index (χ0n) is 38.6. The molecule has 0 aliphatic carbocycles. The third-order valence-corrected chi connectivity index (χ3v) is 10.9. The first kappa shape index (κ1) is 51.3. The highest BCUT2D eigenvalue weighted by molar-refractivity contribution is 6.32. The summed E-state index contributed by atoms with van der Waals surface area (Å²) in [6.45, 7) is 5.80. The van der Waals surface area contributed by atoms with Gasteiger partial charge in [0.1, 0.15) is 28.7 Å². The van der Waals surface area contributed by atoms with Gasteiger partial charge in [-0.05, 0) is 121 Å². The van der Waals surface area contributed by atoms with E-state index in [2.05, 4.69) is 13.8 Å². The molecule has 0 aliphatic heterocycles. The normalized spacial score (nSPS) is 11.1. The van der Waals surface area contributed by atoms with Gasteiger partial charge in [-0.3, -0.25) is 0 Å². The molecule has 67 heavy (non-hydrogen) atoms. The number of halogens is 1. The SMILES string of the molecule is CCCCCCCCCOc1ccc(/C=C/C(=O)Oc2ccc(C(=O)Oc3ccc(Cl)c(OC(=O)c4ccc(OC(=O)/C=C/c5ccc(OCCCCCCCCC)cc5)cc4)c3)cc2)cc1. The Balaban J connectivity index is 1.01. The van der Waals surface area contributed by atoms with E-state index in [1.165, 1.54) is 156 Å². The van der Waals surface area contributed by atoms with Crippen LogP contribution in [0.2, 0.25) is 5.02 Å². The Hall–Kier alpha value is -6.65. The number of ether oxygens (including phenoxy) is 6. The topological polar surface area (TPSA) is 124 Å². The minimum Gasteiger partial charge on any atom is -0.494 e. The van der Waals surface area contributed by atoms with Gasteiger partial charge in [-0.1, -0.05) is 127 Å². The van der Waals surface area contributed by atoms with Crippen LogP contribution in [0.5, 0.6) is 34.5 Å². The average Bonchev–Trinajstić information content (AvgIpc) is 3.34. The van der Waals surface area contributed by atoms with Crippen molar-refractivity contribution in [2.24, 2.45) is 0 Å². The highest BCUT2D eigenvalue weighted by Gasteiger charge is 2.16. The minimum absolute atomic E-state index is 0.0382. The van der Waals surface area contributed by atoms with Crippen molar-refractivity contribution in [3.63, 3.8) is 0 Å². The van der Waals surface area contributed by atoms with Crippen molar-refractivity contribution in [3.05, 3.63) is 155 Å². The molecule has 0 saturated carbocycles. The summed E-state index contributed by atoms with van der Waals surface area (Å²) in [5.41, 5.74) is 1.97. The molecule has 0 bridgehead atoms. The maximum atomic E-state index is 13.0. The van der Waals surface area contributed by atoms with Gasteiger partial charge in [-0.2, -0.15) is 0 Å². The fourth-order valence-electron chi connectivity index (χ4n) is 6.75. The lowest BCUT2D eigenvalue weighted by Gasteiger charge is -2.10. The fourth-order valence-corrected chi connectivity index (χ4v) is 6.90. The molecule has 0 fully saturated rings. The predicted octanol–water partition coefficient (Wildman–Crippen LogP) is 14.3. The summed E-state index contributed by atoms with van der Waals surface area (Å²) < 4.78 is 33.5. The number of unbranched alkanes of at least 4 members (excludes halogenated alkanes) is 12. The van der Waals surface area contributed by atoms with E-state index in [0.29, 0.717) is 13.2 Å². The Labute approximate surface area is 399 Å². The van der Waals surface area contributed by atoms with Crippen molar-refractivity contribution in [1.82, 2.24) is 0 Å². The summed E-state index contributed by atoms with van der Waals surface area (Å²) in [6, 6.07) is 30.9. The van der Waals surface area contributed by atoms with Crippen LogP contribution in [-0.4, -0.2) is 37.1 Å². The summed E-state index contributed by atoms with van der Waals surface area (Å²) in [5, 5.41) is 0.108. The van der Waals surface area contributed by atoms with Crippen LogP contribution in [0.1, 0.15) is 136 Å². The average molecular weight is 930 g/mol. The summed E-state index contributed by atoms with van der Waals surface area (Å²) in [5.74, 6) is -0.552. The number of carbonyl (C=O) groups excluding carboxylic acids is 4. The molecular weight excluding hydrogens is 868 g/mol. The van der Waals surface area contributed by atoms with Gasteiger partial charge in [0.2, 0.25) is 0 Å². The lowest BCUT2D eigenvalue weighted by atomic mass is 10.1. The third kappa shape index (κ3) is 19.4. The van der Waals surface area contributed by atoms with Gasteiger partial charge in [0.05, 0.1) is 29.4 Å². The Morgan fingerprint density at radius 1 is 0.418 bits per heavy atom. The molecular formula is C56H61ClO10. The summed E-state index contributed by atoms with van der Waals surface area (Å²) >= 11 is 6.32. The molecule has 0 spiro atoms. The van der Waals surface area contributed by atoms with Crippen LogP contribution in [0.25, 0.3) is 12.2 Å². The van der Waals surface area contributed by atoms with E-state index in [1.807, 2.05) is 48.5 Å². The Morgan fingerprint density at radius 3 is 1.22 bits per heavy atom. The van der Waals surface area contributed by atoms with Crippen molar-refractivity contribution in [1.29, 1.82) is 0 Å². The van der Waals surface area contributed by atoms with Crippen molar-refractivity contribution in [3.8, 4) is 34.5 Å². The van der Waals surface area contributed by atoms with E-state index in [4.69, 9.17) is 40.0 Å². The molecule has 11 heteroatoms. The number of benzene rings is 5. The van der Waals surface area contributed by atoms with E-state index in [0.717, 1.165) is 35.5 Å². The van der Waals surface area contributed by atoms with E-state index in [9.17, 15) is 19.2 Å². The standard InChI is InChI=1S/C56H61ClO10/c1-3-5-7-9-11-13-15-39-62-46-27-17-42(18-28-46)21-37-53(58)64-48-31-23-44(24-32-48)55(60)66-50-35-36-51(57)52(41-50)67-56(61)45-25-33-49(34-26-45)65-54(59)38-22-43-19-29-47(30-20-43)63-40-16-14-12-10-8-6-4-2/h17-38,41H,3-16,39-40H2,1-2H3/b37-21+,38-22+. The summed E-state index contributed by atoms with van der Waals surface area (Å²) in [7, 11) is 0. The maximum Gasteiger partial charge on any atom is 0.343 e. The van der Waals surface area contributed by atoms with Gasteiger partial charge < -0.3 is 28.4 Å². The molecule has 5 rings (SSSR count). The van der Waals surface area contributed by atoms with Crippen LogP contribution in [0.4, 0.5) is 0 Å². The number of rotatable bonds is 28. The molecule has 0 aliphatic rings. The van der Waals surface area contributed by atoms with Crippen molar-refractivity contribution >= 4 is 47.6 Å². The molecule has 0 heterocycles. The zero-order valence-corrected chi connectivity index (χ0v) is 39.3. The quantitative estimate of drug-likeness (QED) is 0.0207. The predicted molar refractivity (Wildman–Crippen MR) is 263 cm³/mol. The van der Waals surface area contributed by atoms with Gasteiger partial charge in [0.15, 0.2) is 5.75 Å². The van der Waals surface area contributed by atoms with E-state index in [1.54, 1.807) is 12.2 Å². The monoisotopic (exact) mass is 928 g/mol. The molecule has 0 N–H and O–H groups in total. The second-order valence-corrected chi connectivity index (χ2v) is 16.4. The number of esters is 4. The van der Waals surface area contributed by atoms with Crippen LogP contribution in [0, 0.1) is 0 Å². The van der Waals surface area contributed by atoms with Crippen LogP contribution in [0.15, 0.2) is 127 Å². The molecule has 0 radical (unpaired) electrons. The van der Waals surface area contributed by atoms with E-state index in [-0.39, 0.29) is 39.1 Å². The molecule has 0 saturated heterocycles. The summed E-state index contributed by atoms with van der Waals surface area (Å²) in [4.78, 5) is 51.0. The lowest BCUT2D eigenvalue weighted by molar-refractivity contribution is -0.129. The molecule has 0 unspecified atom stereocenters. The molecule has 5 aromatic carbocycles. The number of hydrogen-bond donors (Lipinski definition) is 0. The lowest BCUT2D eigenvalue weighted by Crippen LogP contribution is -2.11. The first-order valence-corrected chi connectivity index (χ1v) is 23.8. The first-order valence-electron chi connectivity index (χ1n) is 23.4. The molecule has 5 aromatic rings.